The fraction of sp³-hybridized carbons (Fsp3) is 0.308. The SMILES string of the molecule is CC(OCCO)c1ccc(-c2ccc(-c3ccc(C(C)OCCO)cc3)cc2)cc1. The summed E-state index contributed by atoms with van der Waals surface area (Å²) >= 11 is 0. The molecule has 3 rings (SSSR count). The predicted molar refractivity (Wildman–Crippen MR) is 120 cm³/mol. The van der Waals surface area contributed by atoms with Crippen LogP contribution in [-0.4, -0.2) is 36.6 Å². The Labute approximate surface area is 178 Å². The summed E-state index contributed by atoms with van der Waals surface area (Å²) in [6.07, 6.45) is -0.0680. The van der Waals surface area contributed by atoms with E-state index in [1.807, 2.05) is 13.8 Å². The summed E-state index contributed by atoms with van der Waals surface area (Å²) in [5.41, 5.74) is 6.84. The van der Waals surface area contributed by atoms with Gasteiger partial charge in [-0.2, -0.15) is 0 Å². The molecule has 0 saturated heterocycles. The van der Waals surface area contributed by atoms with Crippen molar-refractivity contribution in [3.8, 4) is 22.3 Å². The molecule has 158 valence electrons. The highest BCUT2D eigenvalue weighted by Gasteiger charge is 2.08. The molecule has 0 heterocycles. The van der Waals surface area contributed by atoms with Crippen molar-refractivity contribution in [1.82, 2.24) is 0 Å². The monoisotopic (exact) mass is 406 g/mol. The van der Waals surface area contributed by atoms with E-state index in [2.05, 4.69) is 72.8 Å². The molecule has 0 fully saturated rings. The van der Waals surface area contributed by atoms with Crippen molar-refractivity contribution in [2.45, 2.75) is 26.1 Å². The highest BCUT2D eigenvalue weighted by Crippen LogP contribution is 2.28. The molecule has 4 heteroatoms. The maximum absolute atomic E-state index is 8.89. The number of hydrogen-bond acceptors (Lipinski definition) is 4. The van der Waals surface area contributed by atoms with Crippen molar-refractivity contribution in [3.05, 3.63) is 83.9 Å². The Kier molecular flexibility index (Phi) is 8.17. The first kappa shape index (κ1) is 22.2. The number of hydrogen-bond donors (Lipinski definition) is 2. The largest absolute Gasteiger partial charge is 0.394 e. The van der Waals surface area contributed by atoms with Gasteiger partial charge >= 0.3 is 0 Å². The molecule has 0 bridgehead atoms. The van der Waals surface area contributed by atoms with Crippen LogP contribution in [-0.2, 0) is 9.47 Å². The van der Waals surface area contributed by atoms with Gasteiger partial charge in [-0.25, -0.2) is 0 Å². The van der Waals surface area contributed by atoms with Crippen LogP contribution in [0.4, 0.5) is 0 Å². The van der Waals surface area contributed by atoms with E-state index in [0.717, 1.165) is 33.4 Å². The van der Waals surface area contributed by atoms with E-state index < -0.39 is 0 Å². The van der Waals surface area contributed by atoms with Gasteiger partial charge in [-0.1, -0.05) is 72.8 Å². The second-order valence-corrected chi connectivity index (χ2v) is 7.29. The fourth-order valence-electron chi connectivity index (χ4n) is 3.40. The molecule has 0 aromatic heterocycles. The summed E-state index contributed by atoms with van der Waals surface area (Å²) in [5.74, 6) is 0. The second kappa shape index (κ2) is 11.0. The lowest BCUT2D eigenvalue weighted by Gasteiger charge is -2.14. The summed E-state index contributed by atoms with van der Waals surface area (Å²) < 4.78 is 11.1. The molecule has 2 atom stereocenters. The third-order valence-electron chi connectivity index (χ3n) is 5.23. The second-order valence-electron chi connectivity index (χ2n) is 7.29. The summed E-state index contributed by atoms with van der Waals surface area (Å²) in [4.78, 5) is 0. The summed E-state index contributed by atoms with van der Waals surface area (Å²) in [6, 6.07) is 25.2. The molecule has 2 N–H and O–H groups in total. The zero-order valence-corrected chi connectivity index (χ0v) is 17.6. The Morgan fingerprint density at radius 3 is 1.07 bits per heavy atom. The van der Waals surface area contributed by atoms with E-state index in [4.69, 9.17) is 19.7 Å². The van der Waals surface area contributed by atoms with Gasteiger partial charge in [-0.05, 0) is 47.2 Å². The molecule has 0 saturated carbocycles. The van der Waals surface area contributed by atoms with Gasteiger partial charge in [0.1, 0.15) is 0 Å². The van der Waals surface area contributed by atoms with Crippen LogP contribution in [0.3, 0.4) is 0 Å². The number of benzene rings is 3. The van der Waals surface area contributed by atoms with Crippen LogP contribution in [0.25, 0.3) is 22.3 Å². The summed E-state index contributed by atoms with van der Waals surface area (Å²) in [6.45, 7) is 4.75. The van der Waals surface area contributed by atoms with Gasteiger partial charge in [0.05, 0.1) is 38.6 Å². The lowest BCUT2D eigenvalue weighted by Crippen LogP contribution is -2.04. The van der Waals surface area contributed by atoms with Crippen LogP contribution < -0.4 is 0 Å². The maximum atomic E-state index is 8.89. The van der Waals surface area contributed by atoms with Crippen LogP contribution in [0.5, 0.6) is 0 Å². The van der Waals surface area contributed by atoms with Crippen molar-refractivity contribution in [2.75, 3.05) is 26.4 Å². The molecule has 0 spiro atoms. The van der Waals surface area contributed by atoms with Gasteiger partial charge < -0.3 is 19.7 Å². The first-order valence-corrected chi connectivity index (χ1v) is 10.4. The number of rotatable bonds is 10. The molecule has 2 unspecified atom stereocenters. The number of aliphatic hydroxyl groups is 2. The van der Waals surface area contributed by atoms with Crippen LogP contribution in [0.15, 0.2) is 72.8 Å². The molecule has 4 nitrogen and oxygen atoms in total. The third kappa shape index (κ3) is 5.77. The highest BCUT2D eigenvalue weighted by molar-refractivity contribution is 5.70. The summed E-state index contributed by atoms with van der Waals surface area (Å²) in [7, 11) is 0. The van der Waals surface area contributed by atoms with Gasteiger partial charge in [0.25, 0.3) is 0 Å². The van der Waals surface area contributed by atoms with Crippen LogP contribution >= 0.6 is 0 Å². The molecule has 30 heavy (non-hydrogen) atoms. The highest BCUT2D eigenvalue weighted by atomic mass is 16.5. The topological polar surface area (TPSA) is 58.9 Å². The van der Waals surface area contributed by atoms with Gasteiger partial charge in [0.15, 0.2) is 0 Å². The molecule has 0 aliphatic heterocycles. The van der Waals surface area contributed by atoms with Crippen molar-refractivity contribution in [3.63, 3.8) is 0 Å². The third-order valence-corrected chi connectivity index (χ3v) is 5.23. The van der Waals surface area contributed by atoms with E-state index in [0.29, 0.717) is 13.2 Å². The maximum Gasteiger partial charge on any atom is 0.0797 e. The average molecular weight is 407 g/mol. The zero-order chi connectivity index (χ0) is 21.3. The first-order chi connectivity index (χ1) is 14.6. The van der Waals surface area contributed by atoms with Gasteiger partial charge in [0, 0.05) is 0 Å². The average Bonchev–Trinajstić information content (AvgIpc) is 2.81. The fourth-order valence-corrected chi connectivity index (χ4v) is 3.40. The van der Waals surface area contributed by atoms with Crippen LogP contribution in [0.1, 0.15) is 37.2 Å². The minimum absolute atomic E-state index is 0.0340. The van der Waals surface area contributed by atoms with E-state index in [1.165, 1.54) is 0 Å². The van der Waals surface area contributed by atoms with Crippen molar-refractivity contribution < 1.29 is 19.7 Å². The Balaban J connectivity index is 1.67. The minimum atomic E-state index is -0.0340. The molecule has 0 amide bonds. The van der Waals surface area contributed by atoms with Gasteiger partial charge in [-0.15, -0.1) is 0 Å². The number of ether oxygens (including phenoxy) is 2. The Bertz CT molecular complexity index is 809. The van der Waals surface area contributed by atoms with Crippen molar-refractivity contribution in [2.24, 2.45) is 0 Å². The molecule has 0 radical (unpaired) electrons. The molecule has 0 aliphatic rings. The minimum Gasteiger partial charge on any atom is -0.394 e. The molecular weight excluding hydrogens is 376 g/mol. The molecular formula is C26H30O4. The van der Waals surface area contributed by atoms with Crippen molar-refractivity contribution in [1.29, 1.82) is 0 Å². The van der Waals surface area contributed by atoms with Crippen LogP contribution in [0.2, 0.25) is 0 Å². The zero-order valence-electron chi connectivity index (χ0n) is 17.6. The summed E-state index contributed by atoms with van der Waals surface area (Å²) in [5, 5.41) is 17.8. The Morgan fingerprint density at radius 2 is 0.800 bits per heavy atom. The van der Waals surface area contributed by atoms with E-state index in [1.54, 1.807) is 0 Å². The molecule has 3 aromatic rings. The Morgan fingerprint density at radius 1 is 0.533 bits per heavy atom. The standard InChI is InChI=1S/C26H30O4/c1-19(29-17-15-27)21-3-7-23(8-4-21)25-11-13-26(14-12-25)24-9-5-22(6-10-24)20(2)30-18-16-28/h3-14,19-20,27-28H,15-18H2,1-2H3. The van der Waals surface area contributed by atoms with E-state index >= 15 is 0 Å². The van der Waals surface area contributed by atoms with Crippen molar-refractivity contribution >= 4 is 0 Å². The molecule has 3 aromatic carbocycles. The Hall–Kier alpha value is -2.50. The normalized spacial score (nSPS) is 13.2. The van der Waals surface area contributed by atoms with E-state index in [-0.39, 0.29) is 25.4 Å². The smallest absolute Gasteiger partial charge is 0.0797 e. The quantitative estimate of drug-likeness (QED) is 0.488. The lowest BCUT2D eigenvalue weighted by molar-refractivity contribution is 0.0385. The van der Waals surface area contributed by atoms with Gasteiger partial charge in [-0.3, -0.25) is 0 Å². The lowest BCUT2D eigenvalue weighted by atomic mass is 9.98. The first-order valence-electron chi connectivity index (χ1n) is 10.4. The number of aliphatic hydroxyl groups excluding tert-OH is 2. The van der Waals surface area contributed by atoms with Crippen LogP contribution in [0, 0.1) is 0 Å². The van der Waals surface area contributed by atoms with Gasteiger partial charge in [0.2, 0.25) is 0 Å². The molecule has 0 aliphatic carbocycles. The predicted octanol–water partition coefficient (Wildman–Crippen LogP) is 5.16. The van der Waals surface area contributed by atoms with E-state index in [9.17, 15) is 0 Å².